The van der Waals surface area contributed by atoms with Crippen molar-refractivity contribution in [3.05, 3.63) is 113 Å². The number of halogens is 5. The number of ether oxygens (including phenoxy) is 1. The second-order valence-electron chi connectivity index (χ2n) is 8.00. The molecule has 0 N–H and O–H groups in total. The van der Waals surface area contributed by atoms with Gasteiger partial charge in [0.15, 0.2) is 0 Å². The van der Waals surface area contributed by atoms with E-state index in [0.717, 1.165) is 23.3 Å². The summed E-state index contributed by atoms with van der Waals surface area (Å²) < 4.78 is 73.5. The van der Waals surface area contributed by atoms with Gasteiger partial charge in [0, 0.05) is 13.1 Å². The van der Waals surface area contributed by atoms with Gasteiger partial charge in [-0.05, 0) is 52.6 Å². The number of benzene rings is 3. The van der Waals surface area contributed by atoms with E-state index in [2.05, 4.69) is 11.5 Å². The molecular formula is C26H22F5NO. The molecule has 3 aromatic carbocycles. The maximum atomic E-state index is 14.1. The molecule has 1 aliphatic rings. The van der Waals surface area contributed by atoms with Crippen molar-refractivity contribution in [2.75, 3.05) is 13.2 Å². The van der Waals surface area contributed by atoms with Crippen LogP contribution in [0.5, 0.6) is 0 Å². The molecular weight excluding hydrogens is 437 g/mol. The molecule has 7 heteroatoms. The normalized spacial score (nSPS) is 19.4. The van der Waals surface area contributed by atoms with E-state index in [1.807, 2.05) is 30.3 Å². The maximum absolute atomic E-state index is 14.1. The lowest BCUT2D eigenvalue weighted by Gasteiger charge is -2.42. The van der Waals surface area contributed by atoms with Gasteiger partial charge in [-0.2, -0.15) is 13.2 Å². The van der Waals surface area contributed by atoms with Crippen LogP contribution in [0.1, 0.15) is 28.3 Å². The lowest BCUT2D eigenvalue weighted by molar-refractivity contribution is -0.137. The lowest BCUT2D eigenvalue weighted by Crippen LogP contribution is -2.45. The monoisotopic (exact) mass is 459 g/mol. The highest BCUT2D eigenvalue weighted by Gasteiger charge is 2.37. The minimum Gasteiger partial charge on any atom is -0.370 e. The van der Waals surface area contributed by atoms with Crippen molar-refractivity contribution in [2.45, 2.75) is 24.9 Å². The Balaban J connectivity index is 1.72. The number of rotatable bonds is 5. The Hall–Kier alpha value is -3.03. The highest BCUT2D eigenvalue weighted by Crippen LogP contribution is 2.39. The first-order chi connectivity index (χ1) is 15.7. The number of hydrogen-bond donors (Lipinski definition) is 0. The Morgan fingerprint density at radius 2 is 1.64 bits per heavy atom. The zero-order chi connectivity index (χ0) is 23.6. The molecule has 0 spiro atoms. The van der Waals surface area contributed by atoms with E-state index in [-0.39, 0.29) is 11.1 Å². The van der Waals surface area contributed by atoms with Crippen LogP contribution < -0.4 is 0 Å². The Labute approximate surface area is 188 Å². The Morgan fingerprint density at radius 3 is 2.30 bits per heavy atom. The Morgan fingerprint density at radius 1 is 0.939 bits per heavy atom. The summed E-state index contributed by atoms with van der Waals surface area (Å²) in [5.41, 5.74) is 0.925. The Kier molecular flexibility index (Phi) is 6.63. The van der Waals surface area contributed by atoms with Gasteiger partial charge in [-0.25, -0.2) is 8.78 Å². The fraction of sp³-hybridized carbons (Fsp3) is 0.231. The molecule has 0 radical (unpaired) electrons. The average Bonchev–Trinajstić information content (AvgIpc) is 2.79. The molecule has 0 saturated carbocycles. The summed E-state index contributed by atoms with van der Waals surface area (Å²) in [6, 6.07) is 17.5. The smallest absolute Gasteiger partial charge is 0.370 e. The van der Waals surface area contributed by atoms with Crippen LogP contribution >= 0.6 is 0 Å². The molecule has 1 saturated heterocycles. The molecule has 2 nitrogen and oxygen atoms in total. The zero-order valence-corrected chi connectivity index (χ0v) is 17.7. The van der Waals surface area contributed by atoms with E-state index >= 15 is 0 Å². The van der Waals surface area contributed by atoms with Crippen molar-refractivity contribution in [2.24, 2.45) is 0 Å². The summed E-state index contributed by atoms with van der Waals surface area (Å²) >= 11 is 0. The van der Waals surface area contributed by atoms with E-state index in [0.29, 0.717) is 25.8 Å². The molecule has 4 rings (SSSR count). The minimum atomic E-state index is -4.69. The number of alkyl halides is 3. The molecule has 0 unspecified atom stereocenters. The number of hydrogen-bond acceptors (Lipinski definition) is 2. The van der Waals surface area contributed by atoms with Crippen LogP contribution in [-0.4, -0.2) is 24.2 Å². The topological polar surface area (TPSA) is 12.5 Å². The Bertz CT molecular complexity index is 1110. The van der Waals surface area contributed by atoms with Crippen LogP contribution in [0.15, 0.2) is 79.4 Å². The zero-order valence-electron chi connectivity index (χ0n) is 17.7. The molecule has 1 aliphatic heterocycles. The first-order valence-corrected chi connectivity index (χ1v) is 10.4. The first-order valence-electron chi connectivity index (χ1n) is 10.4. The van der Waals surface area contributed by atoms with Gasteiger partial charge in [0.25, 0.3) is 0 Å². The number of nitrogens with zero attached hydrogens (tertiary/aromatic N) is 1. The van der Waals surface area contributed by atoms with Crippen molar-refractivity contribution in [3.8, 4) is 0 Å². The van der Waals surface area contributed by atoms with Crippen LogP contribution in [0.3, 0.4) is 0 Å². The van der Waals surface area contributed by atoms with Gasteiger partial charge in [0.05, 0.1) is 18.2 Å². The van der Waals surface area contributed by atoms with E-state index in [1.165, 1.54) is 12.1 Å². The molecule has 3 aromatic rings. The lowest BCUT2D eigenvalue weighted by atomic mass is 9.89. The molecule has 1 heterocycles. The quantitative estimate of drug-likeness (QED) is 0.397. The fourth-order valence-electron chi connectivity index (χ4n) is 4.15. The molecule has 0 amide bonds. The van der Waals surface area contributed by atoms with Crippen molar-refractivity contribution < 1.29 is 26.7 Å². The molecule has 33 heavy (non-hydrogen) atoms. The minimum absolute atomic E-state index is 0.0148. The van der Waals surface area contributed by atoms with E-state index in [4.69, 9.17) is 4.74 Å². The summed E-state index contributed by atoms with van der Waals surface area (Å²) in [7, 11) is 0. The van der Waals surface area contributed by atoms with Gasteiger partial charge in [0.1, 0.15) is 17.7 Å². The van der Waals surface area contributed by atoms with Crippen molar-refractivity contribution >= 4 is 5.57 Å². The average molecular weight is 459 g/mol. The van der Waals surface area contributed by atoms with Crippen LogP contribution in [-0.2, 0) is 17.5 Å². The van der Waals surface area contributed by atoms with Gasteiger partial charge in [-0.3, -0.25) is 4.90 Å². The third-order valence-electron chi connectivity index (χ3n) is 5.74. The molecule has 2 atom stereocenters. The first kappa shape index (κ1) is 23.1. The van der Waals surface area contributed by atoms with Crippen LogP contribution in [0.4, 0.5) is 22.0 Å². The standard InChI is InChI=1S/C26H22F5NO/c1-17(20-13-21(26(29,30)31)15-23(28)14-20)25-24(19-7-9-22(27)10-8-19)32(11-12-33-25)16-18-5-3-2-4-6-18/h2-10,13-15,24-25H,1,11-12,16H2/t24-,25+/m0/s1. The fourth-order valence-corrected chi connectivity index (χ4v) is 4.15. The third-order valence-corrected chi connectivity index (χ3v) is 5.74. The van der Waals surface area contributed by atoms with Crippen molar-refractivity contribution in [1.82, 2.24) is 4.90 Å². The van der Waals surface area contributed by atoms with Gasteiger partial charge < -0.3 is 4.74 Å². The highest BCUT2D eigenvalue weighted by atomic mass is 19.4. The van der Waals surface area contributed by atoms with Gasteiger partial charge >= 0.3 is 6.18 Å². The van der Waals surface area contributed by atoms with Crippen molar-refractivity contribution in [1.29, 1.82) is 0 Å². The molecule has 0 bridgehead atoms. The maximum Gasteiger partial charge on any atom is 0.416 e. The SMILES string of the molecule is C=C(c1cc(F)cc(C(F)(F)F)c1)[C@H]1OCCN(Cc2ccccc2)[C@H]1c1ccc(F)cc1. The van der Waals surface area contributed by atoms with Crippen LogP contribution in [0.25, 0.3) is 5.57 Å². The second kappa shape index (κ2) is 9.45. The van der Waals surface area contributed by atoms with E-state index < -0.39 is 35.5 Å². The number of morpholine rings is 1. The summed E-state index contributed by atoms with van der Waals surface area (Å²) in [6.07, 6.45) is -5.45. The summed E-state index contributed by atoms with van der Waals surface area (Å²) in [5.74, 6) is -1.41. The second-order valence-corrected chi connectivity index (χ2v) is 8.00. The van der Waals surface area contributed by atoms with Gasteiger partial charge in [-0.1, -0.05) is 49.0 Å². The van der Waals surface area contributed by atoms with Gasteiger partial charge in [-0.15, -0.1) is 0 Å². The van der Waals surface area contributed by atoms with E-state index in [9.17, 15) is 22.0 Å². The molecule has 0 aliphatic carbocycles. The predicted octanol–water partition coefficient (Wildman–Crippen LogP) is 6.64. The molecule has 172 valence electrons. The third kappa shape index (κ3) is 5.31. The van der Waals surface area contributed by atoms with Crippen LogP contribution in [0.2, 0.25) is 0 Å². The van der Waals surface area contributed by atoms with Gasteiger partial charge in [0.2, 0.25) is 0 Å². The summed E-state index contributed by atoms with van der Waals surface area (Å²) in [4.78, 5) is 2.12. The van der Waals surface area contributed by atoms with Crippen LogP contribution in [0, 0.1) is 11.6 Å². The summed E-state index contributed by atoms with van der Waals surface area (Å²) in [6.45, 7) is 5.40. The molecule has 1 fully saturated rings. The summed E-state index contributed by atoms with van der Waals surface area (Å²) in [5, 5.41) is 0. The predicted molar refractivity (Wildman–Crippen MR) is 116 cm³/mol. The van der Waals surface area contributed by atoms with Crippen molar-refractivity contribution in [3.63, 3.8) is 0 Å². The largest absolute Gasteiger partial charge is 0.416 e. The highest BCUT2D eigenvalue weighted by molar-refractivity contribution is 5.69. The van der Waals surface area contributed by atoms with E-state index in [1.54, 1.807) is 12.1 Å². The molecule has 0 aromatic heterocycles.